The Labute approximate surface area is 119 Å². The molecule has 0 amide bonds. The topological polar surface area (TPSA) is 39.9 Å². The first-order chi connectivity index (χ1) is 9.81. The minimum atomic E-state index is 0.699. The van der Waals surface area contributed by atoms with Gasteiger partial charge in [-0.15, -0.1) is 6.58 Å². The molecule has 3 heteroatoms. The normalized spacial score (nSPS) is 10.2. The van der Waals surface area contributed by atoms with Crippen molar-refractivity contribution in [1.29, 1.82) is 5.26 Å². The van der Waals surface area contributed by atoms with Gasteiger partial charge in [0.25, 0.3) is 0 Å². The second kappa shape index (κ2) is 7.22. The lowest BCUT2D eigenvalue weighted by Crippen LogP contribution is -2.22. The van der Waals surface area contributed by atoms with E-state index in [-0.39, 0.29) is 0 Å². The molecule has 3 nitrogen and oxygen atoms in total. The number of hydrogen-bond donors (Lipinski definition) is 0. The highest BCUT2D eigenvalue weighted by molar-refractivity contribution is 5.32. The van der Waals surface area contributed by atoms with Crippen molar-refractivity contribution in [2.45, 2.75) is 13.1 Å². The van der Waals surface area contributed by atoms with Gasteiger partial charge in [0.15, 0.2) is 0 Å². The molecule has 0 fully saturated rings. The van der Waals surface area contributed by atoms with Crippen LogP contribution < -0.4 is 0 Å². The van der Waals surface area contributed by atoms with Crippen LogP contribution in [0.15, 0.2) is 61.4 Å². The summed E-state index contributed by atoms with van der Waals surface area (Å²) in [7, 11) is 0. The molecule has 1 aromatic heterocycles. The molecule has 0 bridgehead atoms. The summed E-state index contributed by atoms with van der Waals surface area (Å²) in [6, 6.07) is 13.9. The van der Waals surface area contributed by atoms with Gasteiger partial charge in [-0.2, -0.15) is 5.26 Å². The van der Waals surface area contributed by atoms with Crippen molar-refractivity contribution in [3.8, 4) is 6.07 Å². The lowest BCUT2D eigenvalue weighted by Gasteiger charge is -2.20. The van der Waals surface area contributed by atoms with Crippen molar-refractivity contribution in [2.75, 3.05) is 6.54 Å². The van der Waals surface area contributed by atoms with Crippen LogP contribution in [-0.2, 0) is 13.1 Å². The van der Waals surface area contributed by atoms with Gasteiger partial charge in [0.05, 0.1) is 11.6 Å². The molecule has 0 N–H and O–H groups in total. The number of benzene rings is 1. The van der Waals surface area contributed by atoms with E-state index in [0.717, 1.165) is 25.2 Å². The maximum Gasteiger partial charge on any atom is 0.0991 e. The summed E-state index contributed by atoms with van der Waals surface area (Å²) < 4.78 is 0. The monoisotopic (exact) mass is 263 g/mol. The summed E-state index contributed by atoms with van der Waals surface area (Å²) in [5, 5.41) is 8.95. The summed E-state index contributed by atoms with van der Waals surface area (Å²) in [6.45, 7) is 6.25. The molecular weight excluding hydrogens is 246 g/mol. The van der Waals surface area contributed by atoms with E-state index in [1.165, 1.54) is 5.56 Å². The number of nitriles is 1. The highest BCUT2D eigenvalue weighted by atomic mass is 15.1. The molecule has 0 unspecified atom stereocenters. The van der Waals surface area contributed by atoms with Crippen LogP contribution in [0.2, 0.25) is 0 Å². The van der Waals surface area contributed by atoms with Gasteiger partial charge in [-0.3, -0.25) is 9.88 Å². The summed E-state index contributed by atoms with van der Waals surface area (Å²) in [4.78, 5) is 6.31. The van der Waals surface area contributed by atoms with E-state index in [4.69, 9.17) is 5.26 Å². The second-order valence-corrected chi connectivity index (χ2v) is 4.63. The molecule has 100 valence electrons. The zero-order chi connectivity index (χ0) is 14.2. The minimum Gasteiger partial charge on any atom is -0.291 e. The van der Waals surface area contributed by atoms with Gasteiger partial charge in [0, 0.05) is 32.0 Å². The van der Waals surface area contributed by atoms with Gasteiger partial charge in [0.2, 0.25) is 0 Å². The highest BCUT2D eigenvalue weighted by Crippen LogP contribution is 2.11. The third kappa shape index (κ3) is 4.04. The molecule has 20 heavy (non-hydrogen) atoms. The lowest BCUT2D eigenvalue weighted by molar-refractivity contribution is 0.286. The molecule has 0 atom stereocenters. The molecule has 0 radical (unpaired) electrons. The number of nitrogens with zero attached hydrogens (tertiary/aromatic N) is 3. The minimum absolute atomic E-state index is 0.699. The van der Waals surface area contributed by atoms with E-state index >= 15 is 0 Å². The Hall–Kier alpha value is -2.44. The number of pyridine rings is 1. The zero-order valence-electron chi connectivity index (χ0n) is 11.4. The summed E-state index contributed by atoms with van der Waals surface area (Å²) in [5.41, 5.74) is 3.06. The van der Waals surface area contributed by atoms with E-state index in [1.54, 1.807) is 12.4 Å². The lowest BCUT2D eigenvalue weighted by atomic mass is 10.1. The molecule has 1 aromatic carbocycles. The predicted octanol–water partition coefficient (Wildman–Crippen LogP) is 3.14. The predicted molar refractivity (Wildman–Crippen MR) is 79.7 cm³/mol. The number of rotatable bonds is 6. The van der Waals surface area contributed by atoms with Gasteiger partial charge in [-0.05, 0) is 35.4 Å². The summed E-state index contributed by atoms with van der Waals surface area (Å²) >= 11 is 0. The Morgan fingerprint density at radius 2 is 1.90 bits per heavy atom. The molecular formula is C17H17N3. The maximum atomic E-state index is 8.95. The Kier molecular flexibility index (Phi) is 5.05. The number of hydrogen-bond acceptors (Lipinski definition) is 3. The van der Waals surface area contributed by atoms with Crippen molar-refractivity contribution < 1.29 is 0 Å². The van der Waals surface area contributed by atoms with E-state index in [9.17, 15) is 0 Å². The molecule has 2 rings (SSSR count). The van der Waals surface area contributed by atoms with Crippen LogP contribution in [0.5, 0.6) is 0 Å². The first-order valence-corrected chi connectivity index (χ1v) is 6.53. The molecule has 0 aliphatic rings. The van der Waals surface area contributed by atoms with Crippen molar-refractivity contribution in [3.05, 3.63) is 78.1 Å². The van der Waals surface area contributed by atoms with Crippen LogP contribution in [0, 0.1) is 11.3 Å². The fourth-order valence-electron chi connectivity index (χ4n) is 2.11. The van der Waals surface area contributed by atoms with Crippen LogP contribution in [0.1, 0.15) is 16.7 Å². The van der Waals surface area contributed by atoms with E-state index in [0.29, 0.717) is 5.56 Å². The van der Waals surface area contributed by atoms with Gasteiger partial charge >= 0.3 is 0 Å². The van der Waals surface area contributed by atoms with Gasteiger partial charge in [-0.25, -0.2) is 0 Å². The molecule has 0 aliphatic heterocycles. The molecule has 0 saturated carbocycles. The van der Waals surface area contributed by atoms with Crippen molar-refractivity contribution in [2.24, 2.45) is 0 Å². The maximum absolute atomic E-state index is 8.95. The summed E-state index contributed by atoms with van der Waals surface area (Å²) in [5.74, 6) is 0. The van der Waals surface area contributed by atoms with E-state index in [2.05, 4.69) is 22.5 Å². The molecule has 2 aromatic rings. The van der Waals surface area contributed by atoms with Gasteiger partial charge < -0.3 is 0 Å². The highest BCUT2D eigenvalue weighted by Gasteiger charge is 2.06. The molecule has 0 spiro atoms. The summed E-state index contributed by atoms with van der Waals surface area (Å²) in [6.07, 6.45) is 5.50. The van der Waals surface area contributed by atoms with Crippen LogP contribution in [0.4, 0.5) is 0 Å². The van der Waals surface area contributed by atoms with Crippen LogP contribution in [-0.4, -0.2) is 16.4 Å². The van der Waals surface area contributed by atoms with Crippen molar-refractivity contribution in [1.82, 2.24) is 9.88 Å². The van der Waals surface area contributed by atoms with Crippen LogP contribution >= 0.6 is 0 Å². The standard InChI is InChI=1S/C17H17N3/c1-2-10-20(13-15-6-8-19-9-7-15)14-17-5-3-4-16(11-17)12-18/h2-9,11H,1,10,13-14H2. The smallest absolute Gasteiger partial charge is 0.0991 e. The van der Waals surface area contributed by atoms with Gasteiger partial charge in [-0.1, -0.05) is 18.2 Å². The quantitative estimate of drug-likeness (QED) is 0.752. The number of aromatic nitrogens is 1. The third-order valence-electron chi connectivity index (χ3n) is 3.01. The van der Waals surface area contributed by atoms with Crippen molar-refractivity contribution >= 4 is 0 Å². The Morgan fingerprint density at radius 3 is 2.60 bits per heavy atom. The molecule has 0 saturated heterocycles. The first kappa shape index (κ1) is 14.0. The molecule has 1 heterocycles. The Morgan fingerprint density at radius 1 is 1.15 bits per heavy atom. The Balaban J connectivity index is 2.09. The second-order valence-electron chi connectivity index (χ2n) is 4.63. The van der Waals surface area contributed by atoms with Crippen LogP contribution in [0.25, 0.3) is 0 Å². The fraction of sp³-hybridized carbons (Fsp3) is 0.176. The molecule has 0 aliphatic carbocycles. The van der Waals surface area contributed by atoms with Gasteiger partial charge in [0.1, 0.15) is 0 Å². The zero-order valence-corrected chi connectivity index (χ0v) is 11.4. The van der Waals surface area contributed by atoms with Crippen LogP contribution in [0.3, 0.4) is 0 Å². The van der Waals surface area contributed by atoms with E-state index in [1.807, 2.05) is 42.5 Å². The SMILES string of the molecule is C=CCN(Cc1ccncc1)Cc1cccc(C#N)c1. The fourth-order valence-corrected chi connectivity index (χ4v) is 2.11. The average Bonchev–Trinajstić information content (AvgIpc) is 2.49. The Bertz CT molecular complexity index is 599. The third-order valence-corrected chi connectivity index (χ3v) is 3.01. The van der Waals surface area contributed by atoms with E-state index < -0.39 is 0 Å². The average molecular weight is 263 g/mol. The largest absolute Gasteiger partial charge is 0.291 e. The van der Waals surface area contributed by atoms with Crippen molar-refractivity contribution in [3.63, 3.8) is 0 Å². The first-order valence-electron chi connectivity index (χ1n) is 6.53.